The molecule has 0 atom stereocenters. The minimum Gasteiger partial charge on any atom is -0.382 e. The van der Waals surface area contributed by atoms with E-state index in [-0.39, 0.29) is 0 Å². The van der Waals surface area contributed by atoms with Gasteiger partial charge in [0.2, 0.25) is 0 Å². The molecule has 6 heteroatoms. The Kier molecular flexibility index (Phi) is 3.74. The van der Waals surface area contributed by atoms with Crippen molar-refractivity contribution in [3.8, 4) is 6.07 Å². The standard InChI is InChI=1S/C15H14N6/c16-10-13-15(11-4-1-2-5-12(11)20-21-13)19-7-3-6-14-17-8-9-18-14/h1-2,4-5,8-9H,3,6-7H2,(H,17,18)(H,19,20). The molecule has 104 valence electrons. The predicted octanol–water partition coefficient (Wildman–Crippen LogP) is 2.27. The van der Waals surface area contributed by atoms with Crippen LogP contribution in [0.1, 0.15) is 17.9 Å². The molecule has 2 heterocycles. The summed E-state index contributed by atoms with van der Waals surface area (Å²) in [5.74, 6) is 0.968. The van der Waals surface area contributed by atoms with Crippen molar-refractivity contribution in [3.63, 3.8) is 0 Å². The van der Waals surface area contributed by atoms with Crippen molar-refractivity contribution in [3.05, 3.63) is 48.2 Å². The fraction of sp³-hybridized carbons (Fsp3) is 0.200. The molecule has 0 saturated heterocycles. The lowest BCUT2D eigenvalue weighted by Gasteiger charge is -2.09. The zero-order valence-electron chi connectivity index (χ0n) is 11.4. The Morgan fingerprint density at radius 3 is 2.95 bits per heavy atom. The fourth-order valence-electron chi connectivity index (χ4n) is 2.21. The Morgan fingerprint density at radius 2 is 2.14 bits per heavy atom. The van der Waals surface area contributed by atoms with E-state index in [1.165, 1.54) is 0 Å². The van der Waals surface area contributed by atoms with Gasteiger partial charge in [-0.25, -0.2) is 4.98 Å². The van der Waals surface area contributed by atoms with Crippen LogP contribution in [0, 0.1) is 11.3 Å². The van der Waals surface area contributed by atoms with Crippen LogP contribution in [0.5, 0.6) is 0 Å². The highest BCUT2D eigenvalue weighted by molar-refractivity contribution is 5.92. The molecule has 0 aliphatic carbocycles. The number of nitriles is 1. The maximum Gasteiger partial charge on any atom is 0.186 e. The minimum atomic E-state index is 0.326. The van der Waals surface area contributed by atoms with Crippen LogP contribution in [-0.4, -0.2) is 26.7 Å². The molecule has 2 aromatic heterocycles. The molecule has 0 fully saturated rings. The average molecular weight is 278 g/mol. The van der Waals surface area contributed by atoms with E-state index in [2.05, 4.69) is 31.6 Å². The van der Waals surface area contributed by atoms with Gasteiger partial charge in [0.05, 0.1) is 11.2 Å². The molecule has 0 unspecified atom stereocenters. The quantitative estimate of drug-likeness (QED) is 0.699. The molecule has 0 amide bonds. The van der Waals surface area contributed by atoms with Crippen molar-refractivity contribution in [2.24, 2.45) is 0 Å². The van der Waals surface area contributed by atoms with E-state index in [0.717, 1.165) is 41.8 Å². The summed E-state index contributed by atoms with van der Waals surface area (Å²) in [5.41, 5.74) is 1.86. The van der Waals surface area contributed by atoms with E-state index in [1.807, 2.05) is 30.5 Å². The van der Waals surface area contributed by atoms with Gasteiger partial charge < -0.3 is 10.3 Å². The predicted molar refractivity (Wildman–Crippen MR) is 79.7 cm³/mol. The third-order valence-electron chi connectivity index (χ3n) is 3.22. The first kappa shape index (κ1) is 13.1. The lowest BCUT2D eigenvalue weighted by molar-refractivity contribution is 0.816. The summed E-state index contributed by atoms with van der Waals surface area (Å²) in [6.07, 6.45) is 5.33. The number of aromatic nitrogens is 4. The number of nitrogens with zero attached hydrogens (tertiary/aromatic N) is 4. The monoisotopic (exact) mass is 278 g/mol. The molecule has 3 rings (SSSR count). The first-order valence-electron chi connectivity index (χ1n) is 6.76. The van der Waals surface area contributed by atoms with Crippen LogP contribution < -0.4 is 5.32 Å². The van der Waals surface area contributed by atoms with Crippen molar-refractivity contribution in [1.29, 1.82) is 5.26 Å². The maximum absolute atomic E-state index is 9.18. The number of nitrogens with one attached hydrogen (secondary N) is 2. The van der Waals surface area contributed by atoms with Gasteiger partial charge in [-0.1, -0.05) is 18.2 Å². The largest absolute Gasteiger partial charge is 0.382 e. The van der Waals surface area contributed by atoms with Gasteiger partial charge in [0.25, 0.3) is 0 Å². The first-order valence-corrected chi connectivity index (χ1v) is 6.76. The summed E-state index contributed by atoms with van der Waals surface area (Å²) in [7, 11) is 0. The Hall–Kier alpha value is -2.94. The number of anilines is 1. The zero-order valence-corrected chi connectivity index (χ0v) is 11.4. The molecule has 0 aliphatic rings. The van der Waals surface area contributed by atoms with Gasteiger partial charge in [-0.05, 0) is 12.5 Å². The summed E-state index contributed by atoms with van der Waals surface area (Å²) in [5, 5.41) is 21.4. The maximum atomic E-state index is 9.18. The molecule has 0 spiro atoms. The third kappa shape index (κ3) is 2.82. The van der Waals surface area contributed by atoms with Gasteiger partial charge in [-0.2, -0.15) is 5.26 Å². The van der Waals surface area contributed by atoms with Gasteiger partial charge in [-0.15, -0.1) is 10.2 Å². The highest BCUT2D eigenvalue weighted by atomic mass is 15.1. The Labute approximate surface area is 121 Å². The number of rotatable bonds is 5. The van der Waals surface area contributed by atoms with E-state index in [0.29, 0.717) is 5.69 Å². The first-order chi connectivity index (χ1) is 10.4. The van der Waals surface area contributed by atoms with Crippen LogP contribution in [0.2, 0.25) is 0 Å². The van der Waals surface area contributed by atoms with E-state index in [4.69, 9.17) is 0 Å². The molecule has 0 bridgehead atoms. The SMILES string of the molecule is N#Cc1nnc2ccccc2c1NCCCc1ncc[nH]1. The molecule has 3 aromatic rings. The number of H-pyrrole nitrogens is 1. The second-order valence-electron chi connectivity index (χ2n) is 4.62. The summed E-state index contributed by atoms with van der Waals surface area (Å²) in [6, 6.07) is 9.75. The van der Waals surface area contributed by atoms with Crippen molar-refractivity contribution in [2.75, 3.05) is 11.9 Å². The molecule has 2 N–H and O–H groups in total. The lowest BCUT2D eigenvalue weighted by Crippen LogP contribution is -2.07. The third-order valence-corrected chi connectivity index (χ3v) is 3.22. The van der Waals surface area contributed by atoms with E-state index in [1.54, 1.807) is 6.20 Å². The topological polar surface area (TPSA) is 90.3 Å². The summed E-state index contributed by atoms with van der Waals surface area (Å²) in [4.78, 5) is 7.26. The molecule has 0 saturated carbocycles. The van der Waals surface area contributed by atoms with Crippen LogP contribution in [0.3, 0.4) is 0 Å². The summed E-state index contributed by atoms with van der Waals surface area (Å²) >= 11 is 0. The van der Waals surface area contributed by atoms with Gasteiger partial charge in [0.15, 0.2) is 5.69 Å². The smallest absolute Gasteiger partial charge is 0.186 e. The normalized spacial score (nSPS) is 10.4. The number of benzene rings is 1. The molecule has 21 heavy (non-hydrogen) atoms. The van der Waals surface area contributed by atoms with Gasteiger partial charge in [0, 0.05) is 30.7 Å². The van der Waals surface area contributed by atoms with E-state index in [9.17, 15) is 5.26 Å². The van der Waals surface area contributed by atoms with Gasteiger partial charge in [0.1, 0.15) is 11.9 Å². The number of aryl methyl sites for hydroxylation is 1. The zero-order chi connectivity index (χ0) is 14.5. The lowest BCUT2D eigenvalue weighted by atomic mass is 10.1. The number of aromatic amines is 1. The van der Waals surface area contributed by atoms with Crippen LogP contribution in [0.4, 0.5) is 5.69 Å². The highest BCUT2D eigenvalue weighted by Gasteiger charge is 2.09. The van der Waals surface area contributed by atoms with Crippen LogP contribution in [0.15, 0.2) is 36.7 Å². The van der Waals surface area contributed by atoms with Crippen LogP contribution in [0.25, 0.3) is 10.9 Å². The molecule has 6 nitrogen and oxygen atoms in total. The van der Waals surface area contributed by atoms with Crippen molar-refractivity contribution in [2.45, 2.75) is 12.8 Å². The molecular formula is C15H14N6. The van der Waals surface area contributed by atoms with Crippen molar-refractivity contribution < 1.29 is 0 Å². The van der Waals surface area contributed by atoms with Gasteiger partial charge >= 0.3 is 0 Å². The Bertz CT molecular complexity index is 772. The van der Waals surface area contributed by atoms with Crippen molar-refractivity contribution in [1.82, 2.24) is 20.2 Å². The van der Waals surface area contributed by atoms with Crippen molar-refractivity contribution >= 4 is 16.6 Å². The number of hydrogen-bond donors (Lipinski definition) is 2. The number of imidazole rings is 1. The molecule has 1 aromatic carbocycles. The fourth-order valence-corrected chi connectivity index (χ4v) is 2.21. The summed E-state index contributed by atoms with van der Waals surface area (Å²) in [6.45, 7) is 0.741. The Balaban J connectivity index is 1.74. The van der Waals surface area contributed by atoms with Crippen LogP contribution in [-0.2, 0) is 6.42 Å². The van der Waals surface area contributed by atoms with E-state index >= 15 is 0 Å². The molecule has 0 aliphatic heterocycles. The minimum absolute atomic E-state index is 0.326. The highest BCUT2D eigenvalue weighted by Crippen LogP contribution is 2.23. The molecular weight excluding hydrogens is 264 g/mol. The second kappa shape index (κ2) is 6.01. The average Bonchev–Trinajstić information content (AvgIpc) is 3.04. The number of fused-ring (bicyclic) bond motifs is 1. The number of hydrogen-bond acceptors (Lipinski definition) is 5. The van der Waals surface area contributed by atoms with E-state index < -0.39 is 0 Å². The Morgan fingerprint density at radius 1 is 1.24 bits per heavy atom. The summed E-state index contributed by atoms with van der Waals surface area (Å²) < 4.78 is 0. The second-order valence-corrected chi connectivity index (χ2v) is 4.62. The van der Waals surface area contributed by atoms with Gasteiger partial charge in [-0.3, -0.25) is 0 Å². The molecule has 0 radical (unpaired) electrons. The van der Waals surface area contributed by atoms with Crippen LogP contribution >= 0.6 is 0 Å².